The number of hydrogen-bond donors (Lipinski definition) is 2. The number of aromatic nitrogens is 1. The van der Waals surface area contributed by atoms with Crippen LogP contribution in [0.1, 0.15) is 9.67 Å². The van der Waals surface area contributed by atoms with Crippen molar-refractivity contribution in [3.8, 4) is 10.6 Å². The highest BCUT2D eigenvalue weighted by atomic mass is 32.2. The molecule has 1 aromatic carbocycles. The van der Waals surface area contributed by atoms with Crippen LogP contribution >= 0.6 is 35.3 Å². The van der Waals surface area contributed by atoms with Crippen LogP contribution in [0.15, 0.2) is 70.6 Å². The maximum Gasteiger partial charge on any atom is 0.271 e. The van der Waals surface area contributed by atoms with Crippen LogP contribution in [0, 0.1) is 0 Å². The molecule has 3 rings (SSSR count). The van der Waals surface area contributed by atoms with Gasteiger partial charge in [0, 0.05) is 23.1 Å². The van der Waals surface area contributed by atoms with Gasteiger partial charge in [-0.15, -0.1) is 11.3 Å². The van der Waals surface area contributed by atoms with E-state index in [0.29, 0.717) is 21.8 Å². The summed E-state index contributed by atoms with van der Waals surface area (Å²) in [5.74, 6) is -0.167. The first-order chi connectivity index (χ1) is 11.3. The second kappa shape index (κ2) is 7.65. The third-order valence-electron chi connectivity index (χ3n) is 2.95. The van der Waals surface area contributed by atoms with Crippen molar-refractivity contribution in [2.45, 2.75) is 9.79 Å². The number of thiophene rings is 1. The van der Waals surface area contributed by atoms with E-state index in [4.69, 9.17) is 0 Å². The molecule has 0 aliphatic carbocycles. The molecule has 23 heavy (non-hydrogen) atoms. The molecular weight excluding hydrogens is 348 g/mol. The summed E-state index contributed by atoms with van der Waals surface area (Å²) in [7, 11) is 0. The molecule has 0 aliphatic rings. The van der Waals surface area contributed by atoms with Gasteiger partial charge in [0.15, 0.2) is 0 Å². The van der Waals surface area contributed by atoms with Crippen molar-refractivity contribution in [1.29, 1.82) is 0 Å². The first-order valence-corrected chi connectivity index (χ1v) is 9.07. The fraction of sp³-hybridized carbons (Fsp3) is 0. The molecule has 0 spiro atoms. The minimum atomic E-state index is -0.167. The molecule has 0 saturated heterocycles. The third kappa shape index (κ3) is 3.94. The van der Waals surface area contributed by atoms with E-state index in [1.807, 2.05) is 42.5 Å². The van der Waals surface area contributed by atoms with E-state index in [1.54, 1.807) is 18.3 Å². The molecule has 4 nitrogen and oxygen atoms in total. The molecule has 2 heterocycles. The van der Waals surface area contributed by atoms with E-state index in [0.717, 1.165) is 15.5 Å². The minimum absolute atomic E-state index is 0.167. The zero-order valence-electron chi connectivity index (χ0n) is 11.8. The summed E-state index contributed by atoms with van der Waals surface area (Å²) in [4.78, 5) is 19.6. The van der Waals surface area contributed by atoms with Gasteiger partial charge < -0.3 is 4.55 Å². The molecule has 0 aliphatic heterocycles. The van der Waals surface area contributed by atoms with Gasteiger partial charge in [-0.1, -0.05) is 18.2 Å². The Morgan fingerprint density at radius 2 is 1.83 bits per heavy atom. The predicted octanol–water partition coefficient (Wildman–Crippen LogP) is 4.81. The van der Waals surface area contributed by atoms with Gasteiger partial charge in [-0.2, -0.15) is 0 Å². The Hall–Kier alpha value is -1.80. The molecule has 0 unspecified atom stereocenters. The number of hydrogen-bond acceptors (Lipinski definition) is 6. The first-order valence-electron chi connectivity index (χ1n) is 6.67. The smallest absolute Gasteiger partial charge is 0.271 e. The zero-order chi connectivity index (χ0) is 16.1. The highest BCUT2D eigenvalue weighted by Crippen LogP contribution is 2.29. The van der Waals surface area contributed by atoms with Crippen molar-refractivity contribution in [3.63, 3.8) is 0 Å². The molecule has 0 saturated carbocycles. The lowest BCUT2D eigenvalue weighted by molar-refractivity contribution is 0.0988. The van der Waals surface area contributed by atoms with Crippen molar-refractivity contribution < 1.29 is 9.35 Å². The number of pyridine rings is 1. The average Bonchev–Trinajstić information content (AvgIpc) is 3.11. The lowest BCUT2D eigenvalue weighted by Gasteiger charge is -2.05. The van der Waals surface area contributed by atoms with E-state index in [9.17, 15) is 9.35 Å². The van der Waals surface area contributed by atoms with Crippen molar-refractivity contribution in [2.75, 3.05) is 0 Å². The SMILES string of the molecule is O=C(NSc1ccccc1SO)c1ccc(-c2ccccn2)s1. The first kappa shape index (κ1) is 16.1. The van der Waals surface area contributed by atoms with Crippen LogP contribution in [-0.4, -0.2) is 15.4 Å². The Bertz CT molecular complexity index is 806. The Labute approximate surface area is 146 Å². The summed E-state index contributed by atoms with van der Waals surface area (Å²) in [5.41, 5.74) is 0.853. The fourth-order valence-corrected chi connectivity index (χ4v) is 3.97. The van der Waals surface area contributed by atoms with Crippen molar-refractivity contribution >= 4 is 41.2 Å². The van der Waals surface area contributed by atoms with Gasteiger partial charge in [0.2, 0.25) is 0 Å². The number of nitrogens with one attached hydrogen (secondary N) is 1. The second-order valence-corrected chi connectivity index (χ2v) is 7.00. The van der Waals surface area contributed by atoms with Crippen molar-refractivity contribution in [3.05, 3.63) is 65.7 Å². The van der Waals surface area contributed by atoms with Crippen LogP contribution in [0.25, 0.3) is 10.6 Å². The summed E-state index contributed by atoms with van der Waals surface area (Å²) in [6, 6.07) is 16.7. The summed E-state index contributed by atoms with van der Waals surface area (Å²) < 4.78 is 12.0. The molecule has 0 bridgehead atoms. The molecule has 0 fully saturated rings. The highest BCUT2D eigenvalue weighted by molar-refractivity contribution is 7.99. The second-order valence-electron chi connectivity index (χ2n) is 4.45. The van der Waals surface area contributed by atoms with Crippen LogP contribution < -0.4 is 4.72 Å². The standard InChI is InChI=1S/C16H12N2O2S3/c19-16(18-22-13-6-1-2-7-14(13)23-20)15-9-8-12(21-15)11-5-3-4-10-17-11/h1-10,20H,(H,18,19). The molecule has 3 aromatic rings. The molecule has 2 N–H and O–H groups in total. The van der Waals surface area contributed by atoms with E-state index in [2.05, 4.69) is 9.71 Å². The van der Waals surface area contributed by atoms with E-state index < -0.39 is 0 Å². The Balaban J connectivity index is 1.68. The van der Waals surface area contributed by atoms with Gasteiger partial charge in [-0.3, -0.25) is 14.5 Å². The summed E-state index contributed by atoms with van der Waals surface area (Å²) in [6.07, 6.45) is 1.73. The number of carbonyl (C=O) groups excluding carboxylic acids is 1. The van der Waals surface area contributed by atoms with Gasteiger partial charge in [0.05, 0.1) is 20.3 Å². The Morgan fingerprint density at radius 1 is 1.04 bits per heavy atom. The van der Waals surface area contributed by atoms with E-state index in [1.165, 1.54) is 23.3 Å². The third-order valence-corrected chi connectivity index (χ3v) is 5.60. The van der Waals surface area contributed by atoms with Crippen molar-refractivity contribution in [1.82, 2.24) is 9.71 Å². The molecular formula is C16H12N2O2S3. The van der Waals surface area contributed by atoms with Crippen LogP contribution in [0.3, 0.4) is 0 Å². The number of nitrogens with zero attached hydrogens (tertiary/aromatic N) is 1. The number of carbonyl (C=O) groups is 1. The van der Waals surface area contributed by atoms with Gasteiger partial charge in [-0.25, -0.2) is 0 Å². The largest absolute Gasteiger partial charge is 0.325 e. The summed E-state index contributed by atoms with van der Waals surface area (Å²) in [5, 5.41) is 0. The maximum atomic E-state index is 12.3. The maximum absolute atomic E-state index is 12.3. The monoisotopic (exact) mass is 360 g/mol. The lowest BCUT2D eigenvalue weighted by Crippen LogP contribution is -2.14. The fourth-order valence-electron chi connectivity index (χ4n) is 1.87. The van der Waals surface area contributed by atoms with Crippen LogP contribution in [0.5, 0.6) is 0 Å². The molecule has 1 amide bonds. The van der Waals surface area contributed by atoms with Gasteiger partial charge in [-0.05, 0) is 48.3 Å². The number of rotatable bonds is 5. The van der Waals surface area contributed by atoms with E-state index >= 15 is 0 Å². The van der Waals surface area contributed by atoms with E-state index in [-0.39, 0.29) is 5.91 Å². The van der Waals surface area contributed by atoms with Crippen LogP contribution in [-0.2, 0) is 0 Å². The highest BCUT2D eigenvalue weighted by Gasteiger charge is 2.12. The summed E-state index contributed by atoms with van der Waals surface area (Å²) in [6.45, 7) is 0. The topological polar surface area (TPSA) is 62.2 Å². The molecule has 116 valence electrons. The Kier molecular flexibility index (Phi) is 5.35. The zero-order valence-corrected chi connectivity index (χ0v) is 14.3. The van der Waals surface area contributed by atoms with Gasteiger partial charge in [0.25, 0.3) is 5.91 Å². The molecule has 7 heteroatoms. The number of amides is 1. The van der Waals surface area contributed by atoms with Gasteiger partial charge >= 0.3 is 0 Å². The van der Waals surface area contributed by atoms with Crippen LogP contribution in [0.2, 0.25) is 0 Å². The normalized spacial score (nSPS) is 10.5. The Morgan fingerprint density at radius 3 is 2.57 bits per heavy atom. The summed E-state index contributed by atoms with van der Waals surface area (Å²) >= 11 is 3.25. The average molecular weight is 360 g/mol. The quantitative estimate of drug-likeness (QED) is 0.505. The molecule has 0 radical (unpaired) electrons. The molecule has 0 atom stereocenters. The minimum Gasteiger partial charge on any atom is -0.325 e. The lowest BCUT2D eigenvalue weighted by atomic mass is 10.3. The molecule has 2 aromatic heterocycles. The predicted molar refractivity (Wildman–Crippen MR) is 95.8 cm³/mol. The number of benzene rings is 1. The van der Waals surface area contributed by atoms with Crippen LogP contribution in [0.4, 0.5) is 0 Å². The van der Waals surface area contributed by atoms with Gasteiger partial charge in [0.1, 0.15) is 0 Å². The van der Waals surface area contributed by atoms with Crippen molar-refractivity contribution in [2.24, 2.45) is 0 Å².